The molecule has 0 bridgehead atoms. The van der Waals surface area contributed by atoms with Crippen LogP contribution in [-0.4, -0.2) is 4.57 Å². The maximum Gasteiger partial charge on any atom is 0.123 e. The van der Waals surface area contributed by atoms with Crippen LogP contribution in [0.1, 0.15) is 11.3 Å². The van der Waals surface area contributed by atoms with Gasteiger partial charge in [-0.25, -0.2) is 4.39 Å². The fraction of sp³-hybridized carbons (Fsp3) is 0. The Balaban J connectivity index is 1.91. The molecule has 0 spiro atoms. The molecule has 0 saturated heterocycles. The zero-order valence-corrected chi connectivity index (χ0v) is 12.9. The highest BCUT2D eigenvalue weighted by Gasteiger charge is 2.08. The van der Waals surface area contributed by atoms with Crippen LogP contribution in [0.5, 0.6) is 0 Å². The van der Waals surface area contributed by atoms with Gasteiger partial charge in [-0.15, -0.1) is 0 Å². The molecule has 0 aliphatic rings. The molecule has 1 heterocycles. The van der Waals surface area contributed by atoms with Crippen LogP contribution >= 0.6 is 0 Å². The minimum absolute atomic E-state index is 0.243. The van der Waals surface area contributed by atoms with Crippen molar-refractivity contribution in [3.05, 3.63) is 102 Å². The van der Waals surface area contributed by atoms with E-state index in [0.717, 1.165) is 27.8 Å². The Morgan fingerprint density at radius 2 is 1.42 bits per heavy atom. The molecule has 4 rings (SSSR count). The van der Waals surface area contributed by atoms with Crippen LogP contribution in [0.2, 0.25) is 0 Å². The number of benzene rings is 3. The van der Waals surface area contributed by atoms with Crippen molar-refractivity contribution in [2.24, 2.45) is 0 Å². The van der Waals surface area contributed by atoms with Gasteiger partial charge in [0.2, 0.25) is 0 Å². The number of fused-ring (bicyclic) bond motifs is 1. The van der Waals surface area contributed by atoms with E-state index in [9.17, 15) is 4.39 Å². The average molecular weight is 311 g/mol. The summed E-state index contributed by atoms with van der Waals surface area (Å²) in [4.78, 5) is 0. The molecule has 24 heavy (non-hydrogen) atoms. The van der Waals surface area contributed by atoms with E-state index in [1.165, 1.54) is 12.1 Å². The molecule has 4 aromatic rings. The molecule has 0 radical (unpaired) electrons. The zero-order valence-electron chi connectivity index (χ0n) is 12.9. The topological polar surface area (TPSA) is 4.93 Å². The lowest BCUT2D eigenvalue weighted by Gasteiger charge is -2.07. The Hall–Kier alpha value is -3.31. The molecule has 0 fully saturated rings. The van der Waals surface area contributed by atoms with E-state index in [-0.39, 0.29) is 5.82 Å². The molecule has 0 atom stereocenters. The van der Waals surface area contributed by atoms with Crippen LogP contribution in [-0.2, 0) is 0 Å². The number of rotatable bonds is 1. The van der Waals surface area contributed by atoms with E-state index in [4.69, 9.17) is 0 Å². The fourth-order valence-electron chi connectivity index (χ4n) is 2.77. The normalized spacial score (nSPS) is 10.4. The van der Waals surface area contributed by atoms with Gasteiger partial charge in [0, 0.05) is 16.6 Å². The Kier molecular flexibility index (Phi) is 3.61. The lowest BCUT2D eigenvalue weighted by atomic mass is 10.2. The van der Waals surface area contributed by atoms with Crippen molar-refractivity contribution in [2.45, 2.75) is 0 Å². The first-order valence-corrected chi connectivity index (χ1v) is 7.75. The average Bonchev–Trinajstić information content (AvgIpc) is 3.00. The fourth-order valence-corrected chi connectivity index (χ4v) is 2.77. The summed E-state index contributed by atoms with van der Waals surface area (Å²) >= 11 is 0. The van der Waals surface area contributed by atoms with Crippen molar-refractivity contribution in [1.82, 2.24) is 4.57 Å². The summed E-state index contributed by atoms with van der Waals surface area (Å²) in [6, 6.07) is 26.5. The highest BCUT2D eigenvalue weighted by molar-refractivity contribution is 5.84. The number of aromatic nitrogens is 1. The monoisotopic (exact) mass is 311 g/mol. The van der Waals surface area contributed by atoms with E-state index in [1.54, 1.807) is 12.1 Å². The number of para-hydroxylation sites is 1. The van der Waals surface area contributed by atoms with Gasteiger partial charge < -0.3 is 4.57 Å². The summed E-state index contributed by atoms with van der Waals surface area (Å²) < 4.78 is 15.3. The van der Waals surface area contributed by atoms with Gasteiger partial charge in [-0.1, -0.05) is 42.3 Å². The number of hydrogen-bond donors (Lipinski definition) is 0. The van der Waals surface area contributed by atoms with Crippen molar-refractivity contribution in [3.63, 3.8) is 0 Å². The Morgan fingerprint density at radius 1 is 0.708 bits per heavy atom. The van der Waals surface area contributed by atoms with Gasteiger partial charge in [0.15, 0.2) is 0 Å². The summed E-state index contributed by atoms with van der Waals surface area (Å²) in [6.45, 7) is 0. The van der Waals surface area contributed by atoms with Gasteiger partial charge >= 0.3 is 0 Å². The Bertz CT molecular complexity index is 1050. The zero-order chi connectivity index (χ0) is 16.4. The molecule has 0 amide bonds. The van der Waals surface area contributed by atoms with Gasteiger partial charge in [-0.2, -0.15) is 0 Å². The summed E-state index contributed by atoms with van der Waals surface area (Å²) in [5.74, 6) is 6.21. The molecule has 0 saturated carbocycles. The molecular weight excluding hydrogens is 297 g/mol. The minimum atomic E-state index is -0.243. The standard InChI is InChI=1S/C22H14FN/c23-19-11-14-20(15-12-19)24-21(13-10-17-6-2-1-3-7-17)16-18-8-4-5-9-22(18)24/h1-9,11-12,14-16H. The van der Waals surface area contributed by atoms with Crippen molar-refractivity contribution in [3.8, 4) is 17.5 Å². The second-order valence-corrected chi connectivity index (χ2v) is 5.52. The van der Waals surface area contributed by atoms with Crippen LogP contribution in [0, 0.1) is 17.7 Å². The second kappa shape index (κ2) is 6.06. The SMILES string of the molecule is Fc1ccc(-n2c(C#Cc3ccccc3)cc3ccccc32)cc1. The quantitative estimate of drug-likeness (QED) is 0.427. The molecule has 0 unspecified atom stereocenters. The van der Waals surface area contributed by atoms with Crippen LogP contribution in [0.4, 0.5) is 4.39 Å². The molecular formula is C22H14FN. The van der Waals surface area contributed by atoms with Crippen molar-refractivity contribution in [2.75, 3.05) is 0 Å². The molecule has 114 valence electrons. The lowest BCUT2D eigenvalue weighted by Crippen LogP contribution is -1.97. The van der Waals surface area contributed by atoms with Gasteiger partial charge in [0.05, 0.1) is 11.2 Å². The van der Waals surface area contributed by atoms with Crippen molar-refractivity contribution < 1.29 is 4.39 Å². The van der Waals surface area contributed by atoms with Gasteiger partial charge in [0.25, 0.3) is 0 Å². The van der Waals surface area contributed by atoms with Crippen LogP contribution in [0.15, 0.2) is 84.9 Å². The van der Waals surface area contributed by atoms with Crippen LogP contribution < -0.4 is 0 Å². The van der Waals surface area contributed by atoms with Crippen molar-refractivity contribution >= 4 is 10.9 Å². The lowest BCUT2D eigenvalue weighted by molar-refractivity contribution is 0.627. The second-order valence-electron chi connectivity index (χ2n) is 5.52. The van der Waals surface area contributed by atoms with E-state index in [0.29, 0.717) is 0 Å². The Morgan fingerprint density at radius 3 is 2.21 bits per heavy atom. The maximum atomic E-state index is 13.3. The number of halogens is 1. The highest BCUT2D eigenvalue weighted by atomic mass is 19.1. The van der Waals surface area contributed by atoms with Crippen LogP contribution in [0.25, 0.3) is 16.6 Å². The maximum absolute atomic E-state index is 13.3. The smallest absolute Gasteiger partial charge is 0.123 e. The molecule has 2 heteroatoms. The molecule has 1 aromatic heterocycles. The summed E-state index contributed by atoms with van der Waals surface area (Å²) in [7, 11) is 0. The third-order valence-electron chi connectivity index (χ3n) is 3.90. The summed E-state index contributed by atoms with van der Waals surface area (Å²) in [6.07, 6.45) is 0. The van der Waals surface area contributed by atoms with Gasteiger partial charge in [-0.3, -0.25) is 0 Å². The third kappa shape index (κ3) is 2.68. The van der Waals surface area contributed by atoms with E-state index < -0.39 is 0 Å². The predicted molar refractivity (Wildman–Crippen MR) is 95.7 cm³/mol. The first-order chi connectivity index (χ1) is 11.8. The molecule has 3 aromatic carbocycles. The molecule has 0 aliphatic carbocycles. The molecule has 0 aliphatic heterocycles. The first-order valence-electron chi connectivity index (χ1n) is 7.75. The summed E-state index contributed by atoms with van der Waals surface area (Å²) in [5.41, 5.74) is 3.80. The number of hydrogen-bond acceptors (Lipinski definition) is 0. The van der Waals surface area contributed by atoms with Crippen molar-refractivity contribution in [1.29, 1.82) is 0 Å². The number of nitrogens with zero attached hydrogens (tertiary/aromatic N) is 1. The van der Waals surface area contributed by atoms with E-state index >= 15 is 0 Å². The highest BCUT2D eigenvalue weighted by Crippen LogP contribution is 2.24. The molecule has 1 nitrogen and oxygen atoms in total. The van der Waals surface area contributed by atoms with E-state index in [2.05, 4.69) is 28.5 Å². The van der Waals surface area contributed by atoms with Gasteiger partial charge in [-0.05, 0) is 54.5 Å². The first kappa shape index (κ1) is 14.3. The minimum Gasteiger partial charge on any atom is -0.303 e. The Labute approximate surface area is 140 Å². The van der Waals surface area contributed by atoms with E-state index in [1.807, 2.05) is 48.5 Å². The largest absolute Gasteiger partial charge is 0.303 e. The third-order valence-corrected chi connectivity index (χ3v) is 3.90. The predicted octanol–water partition coefficient (Wildman–Crippen LogP) is 5.17. The van der Waals surface area contributed by atoms with Crippen LogP contribution in [0.3, 0.4) is 0 Å². The summed E-state index contributed by atoms with van der Waals surface area (Å²) in [5, 5.41) is 1.11. The molecule has 0 N–H and O–H groups in total. The van der Waals surface area contributed by atoms with Gasteiger partial charge in [0.1, 0.15) is 5.82 Å².